The van der Waals surface area contributed by atoms with E-state index in [1.165, 1.54) is 0 Å². The maximum atomic E-state index is 14.1. The van der Waals surface area contributed by atoms with Gasteiger partial charge in [0.1, 0.15) is 0 Å². The van der Waals surface area contributed by atoms with Gasteiger partial charge in [-0.2, -0.15) is 0 Å². The van der Waals surface area contributed by atoms with Crippen LogP contribution in [0.1, 0.15) is 29.9 Å². The van der Waals surface area contributed by atoms with Crippen molar-refractivity contribution in [3.8, 4) is 0 Å². The predicted octanol–water partition coefficient (Wildman–Crippen LogP) is 3.83. The Labute approximate surface area is 148 Å². The number of allylic oxidation sites excluding steroid dienone is 2. The topological polar surface area (TPSA) is 28.2 Å². The van der Waals surface area contributed by atoms with Crippen LogP contribution in [0.25, 0.3) is 0 Å². The van der Waals surface area contributed by atoms with Gasteiger partial charge in [0.05, 0.1) is 6.67 Å². The molecule has 1 N–H and O–H groups in total. The minimum atomic E-state index is -1.35. The van der Waals surface area contributed by atoms with Crippen LogP contribution < -0.4 is 5.32 Å². The molecule has 2 aliphatic heterocycles. The first-order chi connectivity index (χ1) is 12.5. The van der Waals surface area contributed by atoms with Crippen molar-refractivity contribution in [3.63, 3.8) is 0 Å². The number of aromatic nitrogens is 1. The summed E-state index contributed by atoms with van der Waals surface area (Å²) in [6, 6.07) is 4.12. The van der Waals surface area contributed by atoms with Gasteiger partial charge in [-0.3, -0.25) is 4.98 Å². The van der Waals surface area contributed by atoms with Crippen molar-refractivity contribution in [2.75, 3.05) is 13.2 Å². The zero-order valence-electron chi connectivity index (χ0n) is 13.9. The molecule has 0 amide bonds. The molecule has 0 bridgehead atoms. The van der Waals surface area contributed by atoms with E-state index in [1.807, 2.05) is 17.0 Å². The highest BCUT2D eigenvalue weighted by Crippen LogP contribution is 2.40. The Balaban J connectivity index is 1.56. The summed E-state index contributed by atoms with van der Waals surface area (Å²) in [5.74, 6) is -5.89. The van der Waals surface area contributed by atoms with Crippen molar-refractivity contribution in [2.45, 2.75) is 25.2 Å². The Bertz CT molecular complexity index is 841. The molecule has 1 fully saturated rings. The third kappa shape index (κ3) is 2.91. The van der Waals surface area contributed by atoms with Gasteiger partial charge in [-0.1, -0.05) is 6.07 Å². The zero-order chi connectivity index (χ0) is 18.3. The van der Waals surface area contributed by atoms with Gasteiger partial charge in [0.2, 0.25) is 0 Å². The summed E-state index contributed by atoms with van der Waals surface area (Å²) in [5.41, 5.74) is 2.58. The average Bonchev–Trinajstić information content (AvgIpc) is 3.20. The van der Waals surface area contributed by atoms with Crippen LogP contribution in [0.15, 0.2) is 42.0 Å². The second-order valence-corrected chi connectivity index (χ2v) is 6.63. The van der Waals surface area contributed by atoms with Crippen LogP contribution in [0.2, 0.25) is 0 Å². The van der Waals surface area contributed by atoms with Crippen molar-refractivity contribution >= 4 is 0 Å². The standard InChI is InChI=1S/C19H17F4N3/c20-13-7-14(21)19(23)17(18(13)22)12-6-16-15(25-10-26(16)9-12)4-3-11-2-1-5-24-8-11/h1-2,5,7-8,12,25H,3-4,6,9-10H2/t12-/m0/s1. The van der Waals surface area contributed by atoms with Gasteiger partial charge >= 0.3 is 0 Å². The second kappa shape index (κ2) is 6.63. The Morgan fingerprint density at radius 1 is 1.12 bits per heavy atom. The quantitative estimate of drug-likeness (QED) is 0.661. The lowest BCUT2D eigenvalue weighted by Gasteiger charge is -2.16. The van der Waals surface area contributed by atoms with Crippen molar-refractivity contribution in [1.82, 2.24) is 15.2 Å². The lowest BCUT2D eigenvalue weighted by Crippen LogP contribution is -2.23. The van der Waals surface area contributed by atoms with Crippen LogP contribution in [-0.4, -0.2) is 23.1 Å². The number of pyridine rings is 1. The fraction of sp³-hybridized carbons (Fsp3) is 0.316. The van der Waals surface area contributed by atoms with Gasteiger partial charge in [0.15, 0.2) is 23.3 Å². The number of hydrogen-bond donors (Lipinski definition) is 1. The number of nitrogens with one attached hydrogen (secondary N) is 1. The molecule has 2 aliphatic rings. The van der Waals surface area contributed by atoms with Crippen LogP contribution in [0.4, 0.5) is 17.6 Å². The molecule has 3 nitrogen and oxygen atoms in total. The fourth-order valence-corrected chi connectivity index (χ4v) is 3.76. The van der Waals surface area contributed by atoms with E-state index >= 15 is 0 Å². The van der Waals surface area contributed by atoms with E-state index in [1.54, 1.807) is 12.4 Å². The van der Waals surface area contributed by atoms with E-state index in [9.17, 15) is 17.6 Å². The first-order valence-corrected chi connectivity index (χ1v) is 8.47. The Morgan fingerprint density at radius 3 is 2.58 bits per heavy atom. The molecule has 1 aromatic carbocycles. The predicted molar refractivity (Wildman–Crippen MR) is 87.9 cm³/mol. The zero-order valence-corrected chi connectivity index (χ0v) is 13.9. The molecule has 0 radical (unpaired) electrons. The summed E-state index contributed by atoms with van der Waals surface area (Å²) in [4.78, 5) is 6.06. The van der Waals surface area contributed by atoms with Crippen molar-refractivity contribution in [3.05, 3.63) is 76.4 Å². The molecular weight excluding hydrogens is 346 g/mol. The maximum Gasteiger partial charge on any atom is 0.165 e. The minimum absolute atomic E-state index is 0.254. The summed E-state index contributed by atoms with van der Waals surface area (Å²) in [6.07, 6.45) is 5.40. The molecule has 2 aromatic rings. The largest absolute Gasteiger partial charge is 0.370 e. The van der Waals surface area contributed by atoms with E-state index in [0.29, 0.717) is 19.6 Å². The monoisotopic (exact) mass is 363 g/mol. The first-order valence-electron chi connectivity index (χ1n) is 8.47. The van der Waals surface area contributed by atoms with Crippen LogP contribution in [0.3, 0.4) is 0 Å². The van der Waals surface area contributed by atoms with Gasteiger partial charge in [0, 0.05) is 47.9 Å². The van der Waals surface area contributed by atoms with Crippen LogP contribution >= 0.6 is 0 Å². The molecule has 1 aromatic heterocycles. The number of halogens is 4. The molecule has 4 rings (SSSR count). The Morgan fingerprint density at radius 2 is 1.88 bits per heavy atom. The lowest BCUT2D eigenvalue weighted by molar-refractivity contribution is 0.383. The Kier molecular flexibility index (Phi) is 4.30. The molecule has 1 saturated heterocycles. The molecule has 0 unspecified atom stereocenters. The summed E-state index contributed by atoms with van der Waals surface area (Å²) >= 11 is 0. The number of aryl methyl sites for hydroxylation is 1. The molecule has 7 heteroatoms. The van der Waals surface area contributed by atoms with Crippen LogP contribution in [-0.2, 0) is 6.42 Å². The van der Waals surface area contributed by atoms with Gasteiger partial charge in [-0.15, -0.1) is 0 Å². The summed E-state index contributed by atoms with van der Waals surface area (Å²) in [5, 5.41) is 3.30. The van der Waals surface area contributed by atoms with E-state index in [0.717, 1.165) is 29.8 Å². The smallest absolute Gasteiger partial charge is 0.165 e. The van der Waals surface area contributed by atoms with E-state index in [-0.39, 0.29) is 6.07 Å². The summed E-state index contributed by atoms with van der Waals surface area (Å²) < 4.78 is 55.2. The minimum Gasteiger partial charge on any atom is -0.370 e. The lowest BCUT2D eigenvalue weighted by atomic mass is 9.95. The molecule has 0 saturated carbocycles. The number of benzene rings is 1. The van der Waals surface area contributed by atoms with E-state index in [4.69, 9.17) is 0 Å². The molecule has 0 spiro atoms. The molecule has 0 aliphatic carbocycles. The summed E-state index contributed by atoms with van der Waals surface area (Å²) in [6.45, 7) is 0.866. The van der Waals surface area contributed by atoms with Gasteiger partial charge in [0.25, 0.3) is 0 Å². The fourth-order valence-electron chi connectivity index (χ4n) is 3.76. The maximum absolute atomic E-state index is 14.1. The molecule has 1 atom stereocenters. The SMILES string of the molecule is Fc1cc(F)c(F)c([C@H]2CC3=C(CCc4cccnc4)NCN3C2)c1F. The molecule has 3 heterocycles. The van der Waals surface area contributed by atoms with Crippen LogP contribution in [0, 0.1) is 23.3 Å². The van der Waals surface area contributed by atoms with Crippen molar-refractivity contribution in [2.24, 2.45) is 0 Å². The van der Waals surface area contributed by atoms with Crippen molar-refractivity contribution < 1.29 is 17.6 Å². The van der Waals surface area contributed by atoms with E-state index in [2.05, 4.69) is 10.3 Å². The third-order valence-electron chi connectivity index (χ3n) is 5.03. The first kappa shape index (κ1) is 16.9. The highest BCUT2D eigenvalue weighted by atomic mass is 19.2. The summed E-state index contributed by atoms with van der Waals surface area (Å²) in [7, 11) is 0. The number of fused-ring (bicyclic) bond motifs is 1. The molecular formula is C19H17F4N3. The average molecular weight is 363 g/mol. The Hall–Kier alpha value is -2.57. The van der Waals surface area contributed by atoms with Crippen molar-refractivity contribution in [1.29, 1.82) is 0 Å². The third-order valence-corrected chi connectivity index (χ3v) is 5.03. The highest BCUT2D eigenvalue weighted by molar-refractivity contribution is 5.33. The normalized spacial score (nSPS) is 19.1. The van der Waals surface area contributed by atoms with Gasteiger partial charge < -0.3 is 10.2 Å². The molecule has 26 heavy (non-hydrogen) atoms. The van der Waals surface area contributed by atoms with Gasteiger partial charge in [-0.25, -0.2) is 17.6 Å². The van der Waals surface area contributed by atoms with Gasteiger partial charge in [-0.05, 0) is 30.9 Å². The van der Waals surface area contributed by atoms with E-state index < -0.39 is 34.8 Å². The van der Waals surface area contributed by atoms with Crippen LogP contribution in [0.5, 0.6) is 0 Å². The number of hydrogen-bond acceptors (Lipinski definition) is 3. The molecule has 136 valence electrons. The number of rotatable bonds is 4. The second-order valence-electron chi connectivity index (χ2n) is 6.63. The number of nitrogens with zero attached hydrogens (tertiary/aromatic N) is 2. The highest BCUT2D eigenvalue weighted by Gasteiger charge is 2.37.